The van der Waals surface area contributed by atoms with Gasteiger partial charge < -0.3 is 5.11 Å². The maximum absolute atomic E-state index is 9.29. The van der Waals surface area contributed by atoms with E-state index in [1.54, 1.807) is 18.6 Å². The maximum atomic E-state index is 9.29. The Labute approximate surface area is 77.2 Å². The first-order valence-corrected chi connectivity index (χ1v) is 4.50. The summed E-state index contributed by atoms with van der Waals surface area (Å²) in [6.45, 7) is 0. The Hall–Kier alpha value is -1.22. The second-order valence-corrected chi connectivity index (χ2v) is 3.25. The first-order chi connectivity index (χ1) is 6.36. The zero-order valence-electron chi connectivity index (χ0n) is 7.35. The number of aliphatic hydroxyl groups is 1. The van der Waals surface area contributed by atoms with Crippen LogP contribution in [0.5, 0.6) is 0 Å². The molecule has 3 nitrogen and oxygen atoms in total. The largest absolute Gasteiger partial charge is 0.393 e. The molecule has 1 aromatic heterocycles. The van der Waals surface area contributed by atoms with Crippen molar-refractivity contribution in [3.63, 3.8) is 0 Å². The third kappa shape index (κ3) is 1.92. The van der Waals surface area contributed by atoms with Crippen LogP contribution in [0.15, 0.2) is 24.7 Å². The van der Waals surface area contributed by atoms with E-state index in [4.69, 9.17) is 0 Å². The SMILES string of the molecule is OC1CC=C(c2cnccn2)CC1. The zero-order valence-corrected chi connectivity index (χ0v) is 7.35. The number of allylic oxidation sites excluding steroid dienone is 1. The number of hydrogen-bond acceptors (Lipinski definition) is 3. The van der Waals surface area contributed by atoms with Crippen molar-refractivity contribution in [1.82, 2.24) is 9.97 Å². The maximum Gasteiger partial charge on any atom is 0.0841 e. The molecule has 0 bridgehead atoms. The fraction of sp³-hybridized carbons (Fsp3) is 0.400. The quantitative estimate of drug-likeness (QED) is 0.703. The van der Waals surface area contributed by atoms with Gasteiger partial charge in [0.15, 0.2) is 0 Å². The number of nitrogens with zero attached hydrogens (tertiary/aromatic N) is 2. The van der Waals surface area contributed by atoms with Crippen LogP contribution in [0, 0.1) is 0 Å². The first-order valence-electron chi connectivity index (χ1n) is 4.50. The van der Waals surface area contributed by atoms with Gasteiger partial charge in [-0.15, -0.1) is 0 Å². The molecule has 1 N–H and O–H groups in total. The molecular formula is C10H12N2O. The van der Waals surface area contributed by atoms with Crippen molar-refractivity contribution >= 4 is 5.57 Å². The molecule has 1 atom stereocenters. The lowest BCUT2D eigenvalue weighted by atomic mass is 9.95. The molecular weight excluding hydrogens is 164 g/mol. The van der Waals surface area contributed by atoms with Crippen molar-refractivity contribution < 1.29 is 5.11 Å². The second-order valence-electron chi connectivity index (χ2n) is 3.25. The number of aliphatic hydroxyl groups excluding tert-OH is 1. The van der Waals surface area contributed by atoms with Gasteiger partial charge in [-0.1, -0.05) is 6.08 Å². The lowest BCUT2D eigenvalue weighted by Gasteiger charge is -2.16. The molecule has 0 radical (unpaired) electrons. The molecule has 0 aromatic carbocycles. The van der Waals surface area contributed by atoms with E-state index in [2.05, 4.69) is 16.0 Å². The normalized spacial score (nSPS) is 22.5. The predicted octanol–water partition coefficient (Wildman–Crippen LogP) is 1.40. The van der Waals surface area contributed by atoms with E-state index in [0.717, 1.165) is 25.0 Å². The molecule has 0 saturated carbocycles. The summed E-state index contributed by atoms with van der Waals surface area (Å²) in [4.78, 5) is 8.23. The van der Waals surface area contributed by atoms with Crippen molar-refractivity contribution in [1.29, 1.82) is 0 Å². The minimum absolute atomic E-state index is 0.166. The lowest BCUT2D eigenvalue weighted by Crippen LogP contribution is -2.10. The van der Waals surface area contributed by atoms with Crippen LogP contribution < -0.4 is 0 Å². The summed E-state index contributed by atoms with van der Waals surface area (Å²) < 4.78 is 0. The van der Waals surface area contributed by atoms with Crippen LogP contribution in [0.1, 0.15) is 25.0 Å². The molecule has 1 unspecified atom stereocenters. The minimum atomic E-state index is -0.166. The van der Waals surface area contributed by atoms with Crippen molar-refractivity contribution in [2.75, 3.05) is 0 Å². The summed E-state index contributed by atoms with van der Waals surface area (Å²) in [6, 6.07) is 0. The summed E-state index contributed by atoms with van der Waals surface area (Å²) in [5, 5.41) is 9.29. The number of aromatic nitrogens is 2. The number of hydrogen-bond donors (Lipinski definition) is 1. The van der Waals surface area contributed by atoms with Gasteiger partial charge in [-0.05, 0) is 24.8 Å². The fourth-order valence-electron chi connectivity index (χ4n) is 1.52. The molecule has 0 amide bonds. The number of rotatable bonds is 1. The van der Waals surface area contributed by atoms with Crippen LogP contribution in [0.3, 0.4) is 0 Å². The minimum Gasteiger partial charge on any atom is -0.393 e. The van der Waals surface area contributed by atoms with E-state index in [9.17, 15) is 5.11 Å². The smallest absolute Gasteiger partial charge is 0.0841 e. The average Bonchev–Trinajstić information content (AvgIpc) is 2.20. The zero-order chi connectivity index (χ0) is 9.10. The molecule has 1 aliphatic rings. The highest BCUT2D eigenvalue weighted by molar-refractivity contribution is 5.62. The Bertz CT molecular complexity index is 308. The molecule has 0 spiro atoms. The molecule has 0 saturated heterocycles. The highest BCUT2D eigenvalue weighted by atomic mass is 16.3. The molecule has 0 aliphatic heterocycles. The highest BCUT2D eigenvalue weighted by Crippen LogP contribution is 2.24. The molecule has 0 fully saturated rings. The van der Waals surface area contributed by atoms with Gasteiger partial charge in [0.05, 0.1) is 18.0 Å². The van der Waals surface area contributed by atoms with Gasteiger partial charge in [0.2, 0.25) is 0 Å². The van der Waals surface area contributed by atoms with Crippen LogP contribution in [0.2, 0.25) is 0 Å². The summed E-state index contributed by atoms with van der Waals surface area (Å²) in [5.74, 6) is 0. The van der Waals surface area contributed by atoms with Gasteiger partial charge in [0.25, 0.3) is 0 Å². The Morgan fingerprint density at radius 2 is 2.31 bits per heavy atom. The third-order valence-corrected chi connectivity index (χ3v) is 2.28. The van der Waals surface area contributed by atoms with E-state index in [1.807, 2.05) is 0 Å². The van der Waals surface area contributed by atoms with Gasteiger partial charge in [-0.25, -0.2) is 0 Å². The van der Waals surface area contributed by atoms with Gasteiger partial charge in [0.1, 0.15) is 0 Å². The average molecular weight is 176 g/mol. The van der Waals surface area contributed by atoms with Gasteiger partial charge >= 0.3 is 0 Å². The highest BCUT2D eigenvalue weighted by Gasteiger charge is 2.12. The molecule has 1 heterocycles. The summed E-state index contributed by atoms with van der Waals surface area (Å²) >= 11 is 0. The van der Waals surface area contributed by atoms with E-state index in [-0.39, 0.29) is 6.10 Å². The van der Waals surface area contributed by atoms with Crippen LogP contribution in [-0.4, -0.2) is 21.2 Å². The van der Waals surface area contributed by atoms with E-state index >= 15 is 0 Å². The van der Waals surface area contributed by atoms with E-state index in [1.165, 1.54) is 5.57 Å². The van der Waals surface area contributed by atoms with Crippen LogP contribution in [-0.2, 0) is 0 Å². The predicted molar refractivity (Wildman–Crippen MR) is 49.9 cm³/mol. The van der Waals surface area contributed by atoms with Gasteiger partial charge in [-0.3, -0.25) is 9.97 Å². The van der Waals surface area contributed by atoms with Crippen LogP contribution in [0.4, 0.5) is 0 Å². The van der Waals surface area contributed by atoms with Gasteiger partial charge in [0, 0.05) is 12.4 Å². The van der Waals surface area contributed by atoms with Crippen molar-refractivity contribution in [2.45, 2.75) is 25.4 Å². The lowest BCUT2D eigenvalue weighted by molar-refractivity contribution is 0.166. The molecule has 13 heavy (non-hydrogen) atoms. The van der Waals surface area contributed by atoms with E-state index in [0.29, 0.717) is 0 Å². The summed E-state index contributed by atoms with van der Waals surface area (Å²) in [7, 11) is 0. The Morgan fingerprint density at radius 3 is 2.92 bits per heavy atom. The van der Waals surface area contributed by atoms with Crippen LogP contribution in [0.25, 0.3) is 5.57 Å². The Balaban J connectivity index is 2.19. The molecule has 1 aliphatic carbocycles. The Morgan fingerprint density at radius 1 is 1.38 bits per heavy atom. The van der Waals surface area contributed by atoms with Gasteiger partial charge in [-0.2, -0.15) is 0 Å². The topological polar surface area (TPSA) is 46.0 Å². The summed E-state index contributed by atoms with van der Waals surface area (Å²) in [6.07, 6.45) is 9.50. The molecule has 1 aromatic rings. The molecule has 2 rings (SSSR count). The second kappa shape index (κ2) is 3.66. The fourth-order valence-corrected chi connectivity index (χ4v) is 1.52. The van der Waals surface area contributed by atoms with E-state index < -0.39 is 0 Å². The Kier molecular flexibility index (Phi) is 2.36. The summed E-state index contributed by atoms with van der Waals surface area (Å²) in [5.41, 5.74) is 2.15. The first kappa shape index (κ1) is 8.38. The van der Waals surface area contributed by atoms with Crippen molar-refractivity contribution in [3.8, 4) is 0 Å². The van der Waals surface area contributed by atoms with Crippen molar-refractivity contribution in [2.24, 2.45) is 0 Å². The monoisotopic (exact) mass is 176 g/mol. The molecule has 3 heteroatoms. The van der Waals surface area contributed by atoms with Crippen molar-refractivity contribution in [3.05, 3.63) is 30.4 Å². The third-order valence-electron chi connectivity index (χ3n) is 2.28. The standard InChI is InChI=1S/C10H12N2O/c13-9-3-1-8(2-4-9)10-7-11-5-6-12-10/h1,5-7,9,13H,2-4H2. The van der Waals surface area contributed by atoms with Crippen LogP contribution >= 0.6 is 0 Å². The molecule has 68 valence electrons.